The highest BCUT2D eigenvalue weighted by molar-refractivity contribution is 8.16. The molecule has 112 valence electrons. The molecule has 0 unspecified atom stereocenters. The van der Waals surface area contributed by atoms with Gasteiger partial charge < -0.3 is 5.11 Å². The topological polar surface area (TPSA) is 33.1 Å². The number of fused-ring (bicyclic) bond motifs is 1. The monoisotopic (exact) mass is 327 g/mol. The van der Waals surface area contributed by atoms with E-state index in [1.165, 1.54) is 5.39 Å². The van der Waals surface area contributed by atoms with Crippen LogP contribution in [0, 0.1) is 0 Å². The number of aliphatic hydroxyl groups is 1. The van der Waals surface area contributed by atoms with Gasteiger partial charge in [0, 0.05) is 6.20 Å². The maximum Gasteiger partial charge on any atom is 0.100 e. The Bertz CT molecular complexity index is 748. The molecule has 4 heteroatoms. The minimum absolute atomic E-state index is 0.0102. The van der Waals surface area contributed by atoms with E-state index in [-0.39, 0.29) is 4.58 Å². The van der Waals surface area contributed by atoms with Gasteiger partial charge in [-0.25, -0.2) is 4.98 Å². The third-order valence-electron chi connectivity index (χ3n) is 3.48. The van der Waals surface area contributed by atoms with Crippen molar-refractivity contribution in [1.82, 2.24) is 4.98 Å². The van der Waals surface area contributed by atoms with Crippen LogP contribution in [0.25, 0.3) is 10.8 Å². The van der Waals surface area contributed by atoms with Gasteiger partial charge in [-0.05, 0) is 40.8 Å². The van der Waals surface area contributed by atoms with Gasteiger partial charge in [-0.1, -0.05) is 54.2 Å². The smallest absolute Gasteiger partial charge is 0.100 e. The first-order valence-corrected chi connectivity index (χ1v) is 9.22. The summed E-state index contributed by atoms with van der Waals surface area (Å²) in [5.41, 5.74) is 0.946. The summed E-state index contributed by atoms with van der Waals surface area (Å²) in [6.45, 7) is 0. The lowest BCUT2D eigenvalue weighted by atomic mass is 10.0. The molecule has 0 fully saturated rings. The lowest BCUT2D eigenvalue weighted by Gasteiger charge is -2.21. The maximum absolute atomic E-state index is 10.7. The van der Waals surface area contributed by atoms with Gasteiger partial charge in [-0.2, -0.15) is 0 Å². The number of nitrogens with zero attached hydrogens (tertiary/aromatic N) is 1. The number of rotatable bonds is 5. The quantitative estimate of drug-likeness (QED) is 0.541. The summed E-state index contributed by atoms with van der Waals surface area (Å²) in [4.78, 5) is 4.33. The molecule has 1 N–H and O–H groups in total. The second-order valence-electron chi connectivity index (χ2n) is 4.94. The van der Waals surface area contributed by atoms with Crippen molar-refractivity contribution in [2.45, 2.75) is 15.7 Å². The molecule has 0 amide bonds. The highest BCUT2D eigenvalue weighted by Gasteiger charge is 2.22. The molecule has 2 atom stereocenters. The third-order valence-corrected chi connectivity index (χ3v) is 6.04. The Morgan fingerprint density at radius 2 is 1.73 bits per heavy atom. The van der Waals surface area contributed by atoms with E-state index in [2.05, 4.69) is 29.2 Å². The van der Waals surface area contributed by atoms with Gasteiger partial charge in [-0.15, -0.1) is 11.8 Å². The Kier molecular flexibility index (Phi) is 5.03. The maximum atomic E-state index is 10.7. The second-order valence-corrected chi connectivity index (χ2v) is 7.38. The Hall–Kier alpha value is -1.49. The predicted octanol–water partition coefficient (Wildman–Crippen LogP) is 4.75. The number of hydrogen-bond donors (Lipinski definition) is 1. The van der Waals surface area contributed by atoms with Crippen LogP contribution >= 0.6 is 23.5 Å². The van der Waals surface area contributed by atoms with Crippen LogP contribution < -0.4 is 0 Å². The normalized spacial score (nSPS) is 13.9. The molecule has 0 aliphatic rings. The fraction of sp³-hybridized carbons (Fsp3) is 0.167. The third kappa shape index (κ3) is 3.46. The summed E-state index contributed by atoms with van der Waals surface area (Å²) in [7, 11) is 0. The molecule has 2 aromatic carbocycles. The van der Waals surface area contributed by atoms with E-state index < -0.39 is 6.10 Å². The Labute approximate surface area is 139 Å². The molecule has 1 aromatic heterocycles. The van der Waals surface area contributed by atoms with E-state index in [1.54, 1.807) is 29.7 Å². The molecule has 3 rings (SSSR count). The molecule has 0 saturated carbocycles. The van der Waals surface area contributed by atoms with Gasteiger partial charge in [0.15, 0.2) is 0 Å². The number of pyridine rings is 1. The van der Waals surface area contributed by atoms with Gasteiger partial charge >= 0.3 is 0 Å². The highest BCUT2D eigenvalue weighted by atomic mass is 32.2. The summed E-state index contributed by atoms with van der Waals surface area (Å²) < 4.78 is 0.0102. The van der Waals surface area contributed by atoms with E-state index in [0.29, 0.717) is 0 Å². The number of thioether (sulfide) groups is 2. The summed E-state index contributed by atoms with van der Waals surface area (Å²) in [6.07, 6.45) is 3.26. The molecule has 0 spiro atoms. The lowest BCUT2D eigenvalue weighted by molar-refractivity contribution is 0.196. The molecule has 0 radical (unpaired) electrons. The van der Waals surface area contributed by atoms with Crippen LogP contribution in [0.4, 0.5) is 0 Å². The molecule has 0 bridgehead atoms. The average Bonchev–Trinajstić information content (AvgIpc) is 2.59. The van der Waals surface area contributed by atoms with E-state index in [1.807, 2.05) is 42.7 Å². The van der Waals surface area contributed by atoms with Crippen LogP contribution in [0.15, 0.2) is 71.9 Å². The first-order chi connectivity index (χ1) is 10.8. The van der Waals surface area contributed by atoms with Gasteiger partial charge in [0.05, 0.1) is 9.61 Å². The molecule has 0 aliphatic carbocycles. The van der Waals surface area contributed by atoms with Crippen molar-refractivity contribution in [2.24, 2.45) is 0 Å². The van der Waals surface area contributed by atoms with Crippen LogP contribution in [-0.2, 0) is 0 Å². The van der Waals surface area contributed by atoms with Crippen molar-refractivity contribution < 1.29 is 5.11 Å². The van der Waals surface area contributed by atoms with Crippen molar-refractivity contribution in [1.29, 1.82) is 0 Å². The van der Waals surface area contributed by atoms with Crippen LogP contribution in [0.3, 0.4) is 0 Å². The largest absolute Gasteiger partial charge is 0.386 e. The van der Waals surface area contributed by atoms with Crippen molar-refractivity contribution in [3.63, 3.8) is 0 Å². The van der Waals surface area contributed by atoms with E-state index in [4.69, 9.17) is 0 Å². The van der Waals surface area contributed by atoms with Crippen molar-refractivity contribution >= 4 is 34.3 Å². The molecule has 0 saturated heterocycles. The van der Waals surface area contributed by atoms with Crippen LogP contribution in [0.2, 0.25) is 0 Å². The van der Waals surface area contributed by atoms with E-state index >= 15 is 0 Å². The zero-order valence-corrected chi connectivity index (χ0v) is 13.8. The van der Waals surface area contributed by atoms with Gasteiger partial charge in [0.25, 0.3) is 0 Å². The number of aliphatic hydroxyl groups excluding tert-OH is 1. The minimum Gasteiger partial charge on any atom is -0.386 e. The molecular formula is C18H17NOS2. The van der Waals surface area contributed by atoms with Crippen molar-refractivity contribution in [2.75, 3.05) is 6.26 Å². The van der Waals surface area contributed by atoms with Crippen molar-refractivity contribution in [3.05, 3.63) is 72.4 Å². The second kappa shape index (κ2) is 7.18. The van der Waals surface area contributed by atoms with Gasteiger partial charge in [-0.3, -0.25) is 0 Å². The van der Waals surface area contributed by atoms with Crippen LogP contribution in [0.1, 0.15) is 11.7 Å². The summed E-state index contributed by atoms with van der Waals surface area (Å²) in [5, 5.41) is 14.0. The molecule has 3 aromatic rings. The Morgan fingerprint density at radius 1 is 0.955 bits per heavy atom. The minimum atomic E-state index is -0.536. The van der Waals surface area contributed by atoms with Crippen molar-refractivity contribution in [3.8, 4) is 0 Å². The molecule has 1 heterocycles. The first-order valence-electron chi connectivity index (χ1n) is 7.05. The standard InChI is InChI=1S/C18H17NOS2/c1-21-18(22-16-8-4-5-11-19-16)17(20)15-10-9-13-6-2-3-7-14(13)12-15/h2-12,17-18,20H,1H3/t17-,18-/m0/s1. The van der Waals surface area contributed by atoms with Crippen LogP contribution in [0.5, 0.6) is 0 Å². The van der Waals surface area contributed by atoms with Gasteiger partial charge in [0.2, 0.25) is 0 Å². The number of hydrogen-bond acceptors (Lipinski definition) is 4. The highest BCUT2D eigenvalue weighted by Crippen LogP contribution is 2.37. The first kappa shape index (κ1) is 15.4. The lowest BCUT2D eigenvalue weighted by Crippen LogP contribution is -2.11. The molecular weight excluding hydrogens is 310 g/mol. The molecule has 0 aliphatic heterocycles. The molecule has 22 heavy (non-hydrogen) atoms. The number of aromatic nitrogens is 1. The summed E-state index contributed by atoms with van der Waals surface area (Å²) in [5.74, 6) is 0. The summed E-state index contributed by atoms with van der Waals surface area (Å²) >= 11 is 3.24. The Balaban J connectivity index is 1.84. The SMILES string of the molecule is CS[C@@H](Sc1ccccn1)[C@@H](O)c1ccc2ccccc2c1. The van der Waals surface area contributed by atoms with Gasteiger partial charge in [0.1, 0.15) is 6.10 Å². The summed E-state index contributed by atoms with van der Waals surface area (Å²) in [6, 6.07) is 20.2. The fourth-order valence-corrected chi connectivity index (χ4v) is 4.22. The zero-order chi connectivity index (χ0) is 15.4. The molecule has 2 nitrogen and oxygen atoms in total. The van der Waals surface area contributed by atoms with Crippen LogP contribution in [-0.4, -0.2) is 20.9 Å². The Morgan fingerprint density at radius 3 is 2.45 bits per heavy atom. The zero-order valence-electron chi connectivity index (χ0n) is 12.2. The fourth-order valence-electron chi connectivity index (χ4n) is 2.33. The van der Waals surface area contributed by atoms with E-state index in [0.717, 1.165) is 16.0 Å². The predicted molar refractivity (Wildman–Crippen MR) is 96.3 cm³/mol. The average molecular weight is 327 g/mol. The van der Waals surface area contributed by atoms with E-state index in [9.17, 15) is 5.11 Å². The number of benzene rings is 2.